The van der Waals surface area contributed by atoms with Gasteiger partial charge in [-0.15, -0.1) is 0 Å². The smallest absolute Gasteiger partial charge is 0.121 e. The Kier molecular flexibility index (Phi) is 4.35. The van der Waals surface area contributed by atoms with Crippen molar-refractivity contribution in [3.8, 4) is 5.75 Å². The predicted molar refractivity (Wildman–Crippen MR) is 124 cm³/mol. The molecule has 5 rings (SSSR count). The van der Waals surface area contributed by atoms with Crippen LogP contribution in [0.2, 0.25) is 0 Å². The minimum absolute atomic E-state index is 0.0296. The van der Waals surface area contributed by atoms with E-state index in [-0.39, 0.29) is 11.0 Å². The molecule has 3 aromatic carbocycles. The molecule has 0 fully saturated rings. The molecule has 1 aliphatic rings. The van der Waals surface area contributed by atoms with Crippen LogP contribution >= 0.6 is 0 Å². The average Bonchev–Trinajstić information content (AvgIpc) is 3.17. The molecule has 0 amide bonds. The van der Waals surface area contributed by atoms with Gasteiger partial charge in [-0.2, -0.15) is 0 Å². The van der Waals surface area contributed by atoms with Crippen LogP contribution in [0.15, 0.2) is 79.0 Å². The van der Waals surface area contributed by atoms with Gasteiger partial charge in [-0.25, -0.2) is 0 Å². The molecule has 4 aromatic rings. The fraction of sp³-hybridized carbons (Fsp3) is 0.259. The quantitative estimate of drug-likeness (QED) is 0.405. The summed E-state index contributed by atoms with van der Waals surface area (Å²) in [6.07, 6.45) is 3.20. The summed E-state index contributed by atoms with van der Waals surface area (Å²) in [6.45, 7) is 7.50. The number of anilines is 1. The van der Waals surface area contributed by atoms with E-state index >= 15 is 0 Å². The van der Waals surface area contributed by atoms with E-state index in [4.69, 9.17) is 4.74 Å². The first-order valence-corrected chi connectivity index (χ1v) is 10.6. The van der Waals surface area contributed by atoms with Crippen molar-refractivity contribution >= 4 is 16.6 Å². The number of ether oxygens (including phenoxy) is 1. The van der Waals surface area contributed by atoms with Crippen LogP contribution in [0.25, 0.3) is 10.9 Å². The Labute approximate surface area is 178 Å². The molecular weight excluding hydrogens is 368 g/mol. The van der Waals surface area contributed by atoms with Crippen LogP contribution < -0.4 is 10.1 Å². The van der Waals surface area contributed by atoms with E-state index in [1.165, 1.54) is 27.6 Å². The van der Waals surface area contributed by atoms with Crippen molar-refractivity contribution in [2.45, 2.75) is 44.8 Å². The average molecular weight is 397 g/mol. The second-order valence-corrected chi connectivity index (χ2v) is 9.25. The molecule has 30 heavy (non-hydrogen) atoms. The van der Waals surface area contributed by atoms with Gasteiger partial charge in [0.2, 0.25) is 0 Å². The lowest BCUT2D eigenvalue weighted by Crippen LogP contribution is -2.45. The molecule has 0 radical (unpaired) electrons. The largest absolute Gasteiger partial charge is 0.489 e. The molecule has 3 nitrogen and oxygen atoms in total. The highest BCUT2D eigenvalue weighted by molar-refractivity contribution is 5.85. The minimum atomic E-state index is -0.0956. The van der Waals surface area contributed by atoms with Crippen LogP contribution in [0.5, 0.6) is 5.75 Å². The maximum Gasteiger partial charge on any atom is 0.121 e. The number of aromatic nitrogens is 1. The first kappa shape index (κ1) is 18.8. The first-order valence-electron chi connectivity index (χ1n) is 10.6. The summed E-state index contributed by atoms with van der Waals surface area (Å²) in [7, 11) is 0. The molecule has 2 N–H and O–H groups in total. The van der Waals surface area contributed by atoms with Gasteiger partial charge in [0.1, 0.15) is 12.4 Å². The molecule has 2 heterocycles. The molecule has 0 saturated heterocycles. The van der Waals surface area contributed by atoms with Gasteiger partial charge < -0.3 is 15.0 Å². The topological polar surface area (TPSA) is 37.0 Å². The van der Waals surface area contributed by atoms with Crippen LogP contribution in [0.4, 0.5) is 5.69 Å². The summed E-state index contributed by atoms with van der Waals surface area (Å²) < 4.78 is 6.11. The summed E-state index contributed by atoms with van der Waals surface area (Å²) >= 11 is 0. The van der Waals surface area contributed by atoms with E-state index in [1.54, 1.807) is 0 Å². The van der Waals surface area contributed by atoms with E-state index in [0.717, 1.165) is 17.9 Å². The van der Waals surface area contributed by atoms with Gasteiger partial charge in [0.05, 0.1) is 0 Å². The molecule has 0 spiro atoms. The molecule has 0 aliphatic carbocycles. The lowest BCUT2D eigenvalue weighted by Gasteiger charge is -2.45. The van der Waals surface area contributed by atoms with Crippen molar-refractivity contribution in [2.24, 2.45) is 0 Å². The highest BCUT2D eigenvalue weighted by Gasteiger charge is 2.42. The Balaban J connectivity index is 1.54. The Morgan fingerprint density at radius 2 is 1.63 bits per heavy atom. The highest BCUT2D eigenvalue weighted by Crippen LogP contribution is 2.49. The number of para-hydroxylation sites is 1. The third-order valence-electron chi connectivity index (χ3n) is 6.29. The fourth-order valence-electron chi connectivity index (χ4n) is 5.09. The zero-order chi connectivity index (χ0) is 20.8. The second-order valence-electron chi connectivity index (χ2n) is 9.25. The molecule has 1 aliphatic heterocycles. The standard InChI is InChI=1S/C27H28N2O/c1-26(2)18-27(3,23-16-28-24-12-8-7-11-21(23)24)22-14-13-20(15-25(22)29-26)30-17-19-9-5-4-6-10-19/h4-16,28-29H,17-18H2,1-3H3/t27-/m0/s1. The maximum atomic E-state index is 6.11. The number of benzene rings is 3. The number of hydrogen-bond donors (Lipinski definition) is 2. The Hall–Kier alpha value is -3.20. The van der Waals surface area contributed by atoms with E-state index in [9.17, 15) is 0 Å². The zero-order valence-corrected chi connectivity index (χ0v) is 17.8. The monoisotopic (exact) mass is 396 g/mol. The Morgan fingerprint density at radius 1 is 0.867 bits per heavy atom. The Morgan fingerprint density at radius 3 is 2.47 bits per heavy atom. The number of rotatable bonds is 4. The van der Waals surface area contributed by atoms with Gasteiger partial charge in [0.25, 0.3) is 0 Å². The molecule has 152 valence electrons. The fourth-order valence-corrected chi connectivity index (χ4v) is 5.09. The summed E-state index contributed by atoms with van der Waals surface area (Å²) in [5.74, 6) is 0.893. The van der Waals surface area contributed by atoms with E-state index in [2.05, 4.69) is 91.9 Å². The van der Waals surface area contributed by atoms with Crippen LogP contribution in [-0.4, -0.2) is 10.5 Å². The van der Waals surface area contributed by atoms with E-state index in [1.807, 2.05) is 18.2 Å². The summed E-state index contributed by atoms with van der Waals surface area (Å²) in [4.78, 5) is 3.47. The van der Waals surface area contributed by atoms with Gasteiger partial charge in [0.15, 0.2) is 0 Å². The first-order chi connectivity index (χ1) is 14.4. The van der Waals surface area contributed by atoms with Crippen molar-refractivity contribution in [1.82, 2.24) is 4.98 Å². The van der Waals surface area contributed by atoms with Crippen molar-refractivity contribution in [3.05, 3.63) is 95.7 Å². The Bertz CT molecular complexity index is 1190. The van der Waals surface area contributed by atoms with E-state index in [0.29, 0.717) is 6.61 Å². The zero-order valence-electron chi connectivity index (χ0n) is 17.8. The summed E-state index contributed by atoms with van der Waals surface area (Å²) in [5.41, 5.74) is 6.07. The molecule has 3 heteroatoms. The van der Waals surface area contributed by atoms with Crippen LogP contribution in [-0.2, 0) is 12.0 Å². The van der Waals surface area contributed by atoms with Crippen molar-refractivity contribution < 1.29 is 4.74 Å². The van der Waals surface area contributed by atoms with Crippen LogP contribution in [0.3, 0.4) is 0 Å². The van der Waals surface area contributed by atoms with Crippen LogP contribution in [0.1, 0.15) is 43.9 Å². The molecule has 0 saturated carbocycles. The predicted octanol–water partition coefficient (Wildman–Crippen LogP) is 6.65. The van der Waals surface area contributed by atoms with Gasteiger partial charge >= 0.3 is 0 Å². The molecule has 0 bridgehead atoms. The lowest BCUT2D eigenvalue weighted by molar-refractivity contribution is 0.305. The van der Waals surface area contributed by atoms with Crippen molar-refractivity contribution in [2.75, 3.05) is 5.32 Å². The molecule has 1 aromatic heterocycles. The van der Waals surface area contributed by atoms with Crippen LogP contribution in [0, 0.1) is 0 Å². The normalized spacial score (nSPS) is 19.8. The third kappa shape index (κ3) is 3.24. The summed E-state index contributed by atoms with van der Waals surface area (Å²) in [6, 6.07) is 25.4. The van der Waals surface area contributed by atoms with Crippen molar-refractivity contribution in [1.29, 1.82) is 0 Å². The number of nitrogens with one attached hydrogen (secondary N) is 2. The molecular formula is C27H28N2O. The third-order valence-corrected chi connectivity index (χ3v) is 6.29. The highest BCUT2D eigenvalue weighted by atomic mass is 16.5. The van der Waals surface area contributed by atoms with Gasteiger partial charge in [-0.3, -0.25) is 0 Å². The number of fused-ring (bicyclic) bond motifs is 2. The minimum Gasteiger partial charge on any atom is -0.489 e. The van der Waals surface area contributed by atoms with E-state index < -0.39 is 0 Å². The van der Waals surface area contributed by atoms with Gasteiger partial charge in [-0.1, -0.05) is 61.5 Å². The molecule has 1 atom stereocenters. The number of H-pyrrole nitrogens is 1. The van der Waals surface area contributed by atoms with Gasteiger partial charge in [-0.05, 0) is 49.1 Å². The second kappa shape index (κ2) is 6.94. The number of aromatic amines is 1. The lowest BCUT2D eigenvalue weighted by atomic mass is 9.66. The molecule has 0 unspecified atom stereocenters. The SMILES string of the molecule is CC1(C)C[C@](C)(c2c[nH]c3ccccc23)c2ccc(OCc3ccccc3)cc2N1. The van der Waals surface area contributed by atoms with Gasteiger partial charge in [0, 0.05) is 39.8 Å². The summed E-state index contributed by atoms with van der Waals surface area (Å²) in [5, 5.41) is 5.05. The maximum absolute atomic E-state index is 6.11. The van der Waals surface area contributed by atoms with Crippen molar-refractivity contribution in [3.63, 3.8) is 0 Å². The number of hydrogen-bond acceptors (Lipinski definition) is 2.